The van der Waals surface area contributed by atoms with Crippen molar-refractivity contribution in [3.8, 4) is 11.8 Å². The number of benzene rings is 1. The SMILES string of the molecule is CC#C[C@]1(O)CC[C@H]2[C@@H]3CCC4=CC(=O)CC[C@@]45Sc4cc(C(C)=O)ccc4[C@@H](C[C@@]21C)C35. The van der Waals surface area contributed by atoms with E-state index in [2.05, 4.69) is 30.9 Å². The molecular formula is C29H32O3S. The van der Waals surface area contributed by atoms with Gasteiger partial charge in [0.25, 0.3) is 0 Å². The standard InChI is InChI=1S/C29H32O3S/c1-4-11-28(32)12-10-24-22-8-6-19-15-20(31)9-13-29(19)26(22)23(16-27(24,28)3)21-7-5-18(17(2)30)14-25(21)33-29/h5,7,14-15,22-24,26,32H,6,8-10,12-13,16H2,1-3H3/t22-,23+,24-,26?,27-,28-,29+/m0/s1. The van der Waals surface area contributed by atoms with Crippen LogP contribution in [-0.4, -0.2) is 27.0 Å². The van der Waals surface area contributed by atoms with Gasteiger partial charge in [0.15, 0.2) is 11.6 Å². The van der Waals surface area contributed by atoms with Gasteiger partial charge in [-0.05, 0) is 99.3 Å². The predicted molar refractivity (Wildman–Crippen MR) is 130 cm³/mol. The molecule has 1 aromatic carbocycles. The van der Waals surface area contributed by atoms with Gasteiger partial charge in [-0.2, -0.15) is 0 Å². The molecule has 1 unspecified atom stereocenters. The zero-order valence-electron chi connectivity index (χ0n) is 19.7. The Morgan fingerprint density at radius 3 is 2.79 bits per heavy atom. The Bertz CT molecular complexity index is 1170. The lowest BCUT2D eigenvalue weighted by Crippen LogP contribution is -2.60. The van der Waals surface area contributed by atoms with Crippen LogP contribution < -0.4 is 0 Å². The maximum atomic E-state index is 12.4. The Morgan fingerprint density at radius 2 is 2.03 bits per heavy atom. The minimum atomic E-state index is -0.937. The number of carbonyl (C=O) groups excluding carboxylic acids is 2. The van der Waals surface area contributed by atoms with Crippen molar-refractivity contribution in [2.24, 2.45) is 23.2 Å². The van der Waals surface area contributed by atoms with Gasteiger partial charge in [0.1, 0.15) is 5.60 Å². The van der Waals surface area contributed by atoms with Crippen LogP contribution in [0.5, 0.6) is 0 Å². The minimum absolute atomic E-state index is 0.0532. The van der Waals surface area contributed by atoms with Gasteiger partial charge in [0.2, 0.25) is 0 Å². The molecule has 5 aliphatic rings. The summed E-state index contributed by atoms with van der Waals surface area (Å²) in [6.07, 6.45) is 8.24. The fraction of sp³-hybridized carbons (Fsp3) is 0.586. The van der Waals surface area contributed by atoms with Crippen molar-refractivity contribution in [2.75, 3.05) is 0 Å². The third kappa shape index (κ3) is 2.76. The Balaban J connectivity index is 1.56. The molecule has 0 amide bonds. The Hall–Kier alpha value is -1.83. The number of rotatable bonds is 1. The molecule has 1 aromatic rings. The molecule has 1 N–H and O–H groups in total. The van der Waals surface area contributed by atoms with Crippen LogP contribution >= 0.6 is 11.8 Å². The van der Waals surface area contributed by atoms with Gasteiger partial charge in [0.05, 0.1) is 0 Å². The molecule has 1 aliphatic heterocycles. The van der Waals surface area contributed by atoms with E-state index in [1.807, 2.05) is 30.8 Å². The third-order valence-electron chi connectivity index (χ3n) is 9.99. The summed E-state index contributed by atoms with van der Waals surface area (Å²) >= 11 is 1.94. The van der Waals surface area contributed by atoms with Crippen LogP contribution in [0.2, 0.25) is 0 Å². The molecule has 1 heterocycles. The van der Waals surface area contributed by atoms with Crippen molar-refractivity contribution in [3.05, 3.63) is 41.0 Å². The van der Waals surface area contributed by atoms with Crippen LogP contribution in [0.1, 0.15) is 87.6 Å². The predicted octanol–water partition coefficient (Wildman–Crippen LogP) is 5.71. The van der Waals surface area contributed by atoms with E-state index in [0.717, 1.165) is 44.1 Å². The molecule has 6 rings (SSSR count). The molecular weight excluding hydrogens is 428 g/mol. The highest BCUT2D eigenvalue weighted by Gasteiger charge is 2.68. The lowest BCUT2D eigenvalue weighted by molar-refractivity contribution is -0.116. The van der Waals surface area contributed by atoms with Gasteiger partial charge in [0, 0.05) is 27.0 Å². The molecule has 0 radical (unpaired) electrons. The number of fused-ring (bicyclic) bond motifs is 4. The minimum Gasteiger partial charge on any atom is -0.377 e. The van der Waals surface area contributed by atoms with E-state index >= 15 is 0 Å². The molecule has 0 aromatic heterocycles. The van der Waals surface area contributed by atoms with Crippen molar-refractivity contribution in [1.29, 1.82) is 0 Å². The number of aliphatic hydroxyl groups is 1. The van der Waals surface area contributed by atoms with Gasteiger partial charge < -0.3 is 5.11 Å². The summed E-state index contributed by atoms with van der Waals surface area (Å²) in [4.78, 5) is 25.8. The maximum Gasteiger partial charge on any atom is 0.159 e. The molecule has 7 atom stereocenters. The van der Waals surface area contributed by atoms with E-state index in [1.54, 1.807) is 6.92 Å². The second-order valence-corrected chi connectivity index (χ2v) is 12.6. The van der Waals surface area contributed by atoms with Gasteiger partial charge in [-0.25, -0.2) is 0 Å². The zero-order valence-corrected chi connectivity index (χ0v) is 20.6. The molecule has 0 saturated heterocycles. The maximum absolute atomic E-state index is 12.4. The van der Waals surface area contributed by atoms with E-state index in [9.17, 15) is 14.7 Å². The Morgan fingerprint density at radius 1 is 1.21 bits per heavy atom. The molecule has 33 heavy (non-hydrogen) atoms. The molecule has 3 saturated carbocycles. The van der Waals surface area contributed by atoms with Gasteiger partial charge in [-0.15, -0.1) is 17.7 Å². The highest BCUT2D eigenvalue weighted by molar-refractivity contribution is 8.01. The molecule has 3 fully saturated rings. The van der Waals surface area contributed by atoms with Gasteiger partial charge >= 0.3 is 0 Å². The summed E-state index contributed by atoms with van der Waals surface area (Å²) in [5.74, 6) is 8.40. The summed E-state index contributed by atoms with van der Waals surface area (Å²) in [5, 5.41) is 11.8. The van der Waals surface area contributed by atoms with E-state index in [4.69, 9.17) is 0 Å². The lowest BCUT2D eigenvalue weighted by atomic mass is 9.46. The lowest BCUT2D eigenvalue weighted by Gasteiger charge is -2.64. The van der Waals surface area contributed by atoms with E-state index < -0.39 is 5.60 Å². The Kier molecular flexibility index (Phi) is 4.66. The number of thioether (sulfide) groups is 1. The van der Waals surface area contributed by atoms with Crippen molar-refractivity contribution < 1.29 is 14.7 Å². The van der Waals surface area contributed by atoms with Crippen molar-refractivity contribution >= 4 is 23.3 Å². The van der Waals surface area contributed by atoms with Crippen LogP contribution in [0.15, 0.2) is 34.7 Å². The summed E-state index contributed by atoms with van der Waals surface area (Å²) < 4.78 is -0.0532. The first-order valence-corrected chi connectivity index (χ1v) is 13.3. The van der Waals surface area contributed by atoms with E-state index in [1.165, 1.54) is 16.0 Å². The number of hydrogen-bond donors (Lipinski definition) is 1. The first-order valence-electron chi connectivity index (χ1n) is 12.5. The molecule has 0 bridgehead atoms. The van der Waals surface area contributed by atoms with Crippen molar-refractivity contribution in [2.45, 2.75) is 86.9 Å². The van der Waals surface area contributed by atoms with E-state index in [-0.39, 0.29) is 21.7 Å². The van der Waals surface area contributed by atoms with Crippen molar-refractivity contribution in [1.82, 2.24) is 0 Å². The van der Waals surface area contributed by atoms with Crippen molar-refractivity contribution in [3.63, 3.8) is 0 Å². The molecule has 1 spiro atoms. The largest absolute Gasteiger partial charge is 0.377 e. The van der Waals surface area contributed by atoms with Crippen LogP contribution in [0.25, 0.3) is 0 Å². The van der Waals surface area contributed by atoms with Crippen LogP contribution in [0, 0.1) is 35.0 Å². The highest BCUT2D eigenvalue weighted by Crippen LogP contribution is 2.73. The third-order valence-corrected chi connectivity index (χ3v) is 11.7. The average Bonchev–Trinajstić information content (AvgIpc) is 3.04. The smallest absolute Gasteiger partial charge is 0.159 e. The fourth-order valence-electron chi connectivity index (χ4n) is 8.56. The summed E-state index contributed by atoms with van der Waals surface area (Å²) in [6, 6.07) is 6.26. The van der Waals surface area contributed by atoms with Gasteiger partial charge in [-0.1, -0.05) is 25.0 Å². The number of hydrogen-bond acceptors (Lipinski definition) is 4. The summed E-state index contributed by atoms with van der Waals surface area (Å²) in [7, 11) is 0. The van der Waals surface area contributed by atoms with E-state index in [0.29, 0.717) is 30.1 Å². The topological polar surface area (TPSA) is 54.4 Å². The Labute approximate surface area is 200 Å². The normalized spacial score (nSPS) is 42.7. The summed E-state index contributed by atoms with van der Waals surface area (Å²) in [6.45, 7) is 5.76. The van der Waals surface area contributed by atoms with Gasteiger partial charge in [-0.3, -0.25) is 9.59 Å². The number of Topliss-reactive ketones (excluding diaryl/α,β-unsaturated/α-hetero) is 1. The van der Waals surface area contributed by atoms with Crippen LogP contribution in [0.3, 0.4) is 0 Å². The first-order chi connectivity index (χ1) is 15.7. The quantitative estimate of drug-likeness (QED) is 0.431. The molecule has 172 valence electrons. The number of carbonyl (C=O) groups is 2. The molecule has 4 aliphatic carbocycles. The highest BCUT2D eigenvalue weighted by atomic mass is 32.2. The van der Waals surface area contributed by atoms with Crippen LogP contribution in [0.4, 0.5) is 0 Å². The average molecular weight is 461 g/mol. The summed E-state index contributed by atoms with van der Waals surface area (Å²) in [5.41, 5.74) is 2.25. The second-order valence-electron chi connectivity index (χ2n) is 11.3. The monoisotopic (exact) mass is 460 g/mol. The first kappa shape index (κ1) is 21.7. The van der Waals surface area contributed by atoms with Crippen LogP contribution in [-0.2, 0) is 4.79 Å². The molecule has 3 nitrogen and oxygen atoms in total. The second kappa shape index (κ2) is 7.09. The number of ketones is 2. The molecule has 4 heteroatoms. The zero-order chi connectivity index (χ0) is 23.2. The fourth-order valence-corrected chi connectivity index (χ4v) is 10.4.